The van der Waals surface area contributed by atoms with Crippen LogP contribution in [-0.4, -0.2) is 36.3 Å². The number of aliphatic hydroxyl groups excluding tert-OH is 1. The normalized spacial score (nSPS) is 17.2. The zero-order valence-corrected chi connectivity index (χ0v) is 28.5. The van der Waals surface area contributed by atoms with Gasteiger partial charge in [-0.25, -0.2) is 0 Å². The molecule has 8 heteroatoms. The molecule has 2 aliphatic carbocycles. The molecule has 2 amide bonds. The molecule has 2 fully saturated rings. The molecule has 0 radical (unpaired) electrons. The van der Waals surface area contributed by atoms with E-state index in [4.69, 9.17) is 0 Å². The number of aliphatic hydroxyl groups is 1. The molecule has 0 unspecified atom stereocenters. The van der Waals surface area contributed by atoms with Gasteiger partial charge in [-0.15, -0.1) is 0 Å². The largest absolute Gasteiger partial charge is 0.392 e. The van der Waals surface area contributed by atoms with E-state index in [1.165, 1.54) is 36.8 Å². The summed E-state index contributed by atoms with van der Waals surface area (Å²) in [6.07, 6.45) is 7.57. The van der Waals surface area contributed by atoms with Gasteiger partial charge in [-0.05, 0) is 125 Å². The molecule has 46 heavy (non-hydrogen) atoms. The lowest BCUT2D eigenvalue weighted by molar-refractivity contribution is 0.0972. The number of hydrogen-bond acceptors (Lipinski definition) is 4. The molecule has 2 heterocycles. The van der Waals surface area contributed by atoms with Crippen molar-refractivity contribution in [3.63, 3.8) is 0 Å². The number of aldehydes is 1. The highest BCUT2D eigenvalue weighted by Crippen LogP contribution is 2.42. The highest BCUT2D eigenvalue weighted by atomic mass is 79.9. The van der Waals surface area contributed by atoms with Gasteiger partial charge in [0.05, 0.1) is 23.5 Å². The van der Waals surface area contributed by atoms with E-state index in [1.807, 2.05) is 48.5 Å². The topological polar surface area (TPSA) is 77.9 Å². The van der Waals surface area contributed by atoms with Crippen LogP contribution in [0.3, 0.4) is 0 Å². The second kappa shape index (κ2) is 12.9. The summed E-state index contributed by atoms with van der Waals surface area (Å²) in [5.74, 6) is 1.41. The summed E-state index contributed by atoms with van der Waals surface area (Å²) in [6.45, 7) is 1.18. The van der Waals surface area contributed by atoms with Gasteiger partial charge in [-0.2, -0.15) is 0 Å². The van der Waals surface area contributed by atoms with Crippen LogP contribution in [-0.2, 0) is 19.4 Å². The fraction of sp³-hybridized carbons (Fsp3) is 0.289. The molecular weight excluding hydrogens is 708 g/mol. The molecule has 0 atom stereocenters. The van der Waals surface area contributed by atoms with Crippen molar-refractivity contribution in [3.05, 3.63) is 126 Å². The lowest BCUT2D eigenvalue weighted by Crippen LogP contribution is -2.38. The van der Waals surface area contributed by atoms with Crippen LogP contribution < -0.4 is 9.80 Å². The number of anilines is 2. The fourth-order valence-corrected chi connectivity index (χ4v) is 7.58. The number of benzene rings is 4. The van der Waals surface area contributed by atoms with Crippen LogP contribution >= 0.6 is 31.9 Å². The van der Waals surface area contributed by atoms with Gasteiger partial charge in [-0.3, -0.25) is 14.4 Å². The molecule has 0 bridgehead atoms. The number of nitrogens with zero attached hydrogens (tertiary/aromatic N) is 2. The van der Waals surface area contributed by atoms with Crippen LogP contribution in [0.15, 0.2) is 81.7 Å². The minimum Gasteiger partial charge on any atom is -0.392 e. The van der Waals surface area contributed by atoms with E-state index in [9.17, 15) is 19.5 Å². The first-order chi connectivity index (χ1) is 22.4. The van der Waals surface area contributed by atoms with E-state index in [1.54, 1.807) is 9.80 Å². The monoisotopic (exact) mass is 740 g/mol. The molecule has 8 rings (SSSR count). The summed E-state index contributed by atoms with van der Waals surface area (Å²) in [5.41, 5.74) is 9.36. The van der Waals surface area contributed by atoms with Gasteiger partial charge in [0.25, 0.3) is 11.8 Å². The van der Waals surface area contributed by atoms with Crippen LogP contribution in [0, 0.1) is 0 Å². The predicted octanol–water partition coefficient (Wildman–Crippen LogP) is 8.36. The summed E-state index contributed by atoms with van der Waals surface area (Å²) < 4.78 is 1.55. The summed E-state index contributed by atoms with van der Waals surface area (Å²) in [4.78, 5) is 40.7. The lowest BCUT2D eigenvalue weighted by atomic mass is 9.94. The van der Waals surface area contributed by atoms with Gasteiger partial charge in [0.15, 0.2) is 6.29 Å². The van der Waals surface area contributed by atoms with E-state index in [2.05, 4.69) is 56.1 Å². The number of rotatable bonds is 6. The van der Waals surface area contributed by atoms with Crippen molar-refractivity contribution in [1.82, 2.24) is 0 Å². The second-order valence-electron chi connectivity index (χ2n) is 12.5. The number of carbonyl (C=O) groups excluding carboxylic acids is 3. The Balaban J connectivity index is 0.000000147. The minimum atomic E-state index is -0.0893. The third kappa shape index (κ3) is 5.98. The van der Waals surface area contributed by atoms with Crippen LogP contribution in [0.25, 0.3) is 0 Å². The Kier molecular flexibility index (Phi) is 8.70. The Morgan fingerprint density at radius 2 is 1.20 bits per heavy atom. The lowest BCUT2D eigenvalue weighted by Gasteiger charge is -2.30. The van der Waals surface area contributed by atoms with Crippen LogP contribution in [0.5, 0.6) is 0 Å². The van der Waals surface area contributed by atoms with Crippen molar-refractivity contribution in [2.24, 2.45) is 0 Å². The van der Waals surface area contributed by atoms with Crippen molar-refractivity contribution in [2.45, 2.75) is 57.0 Å². The molecule has 4 aromatic rings. The number of hydrogen-bond donors (Lipinski definition) is 1. The summed E-state index contributed by atoms with van der Waals surface area (Å²) in [5, 5.41) is 9.65. The predicted molar refractivity (Wildman–Crippen MR) is 187 cm³/mol. The standard InChI is InChI=1S/C19H18BrNO2.C19H16BrNO2/c2*20-17-2-1-3-18(16(17)11-22)21-9-8-14-10-13(12-4-5-12)6-7-15(14)19(21)23/h1-3,6-7,10,12,22H,4-5,8-9,11H2;1-3,6-7,10-12H,4-5,8-9H2. The molecule has 2 aliphatic heterocycles. The van der Waals surface area contributed by atoms with Crippen molar-refractivity contribution >= 4 is 61.3 Å². The summed E-state index contributed by atoms with van der Waals surface area (Å²) in [7, 11) is 0. The highest BCUT2D eigenvalue weighted by molar-refractivity contribution is 9.10. The Hall–Kier alpha value is -3.59. The highest BCUT2D eigenvalue weighted by Gasteiger charge is 2.31. The Labute approximate surface area is 285 Å². The van der Waals surface area contributed by atoms with E-state index in [0.717, 1.165) is 57.1 Å². The Morgan fingerprint density at radius 1 is 0.696 bits per heavy atom. The number of amides is 2. The van der Waals surface area contributed by atoms with Gasteiger partial charge < -0.3 is 14.9 Å². The van der Waals surface area contributed by atoms with Crippen molar-refractivity contribution in [3.8, 4) is 0 Å². The maximum Gasteiger partial charge on any atom is 0.258 e. The van der Waals surface area contributed by atoms with Crippen LogP contribution in [0.1, 0.15) is 96.4 Å². The first-order valence-corrected chi connectivity index (χ1v) is 17.5. The van der Waals surface area contributed by atoms with E-state index in [-0.39, 0.29) is 18.4 Å². The average Bonchev–Trinajstić information content (AvgIpc) is 3.99. The smallest absolute Gasteiger partial charge is 0.258 e. The Bertz CT molecular complexity index is 1860. The minimum absolute atomic E-state index is 0.0187. The molecule has 4 aliphatic rings. The molecule has 2 saturated carbocycles. The van der Waals surface area contributed by atoms with Gasteiger partial charge in [0.2, 0.25) is 0 Å². The summed E-state index contributed by atoms with van der Waals surface area (Å²) >= 11 is 6.85. The molecule has 1 N–H and O–H groups in total. The third-order valence-corrected chi connectivity index (χ3v) is 10.9. The average molecular weight is 743 g/mol. The van der Waals surface area contributed by atoms with Gasteiger partial charge in [-0.1, -0.05) is 52.3 Å². The maximum absolute atomic E-state index is 12.9. The maximum atomic E-state index is 12.9. The van der Waals surface area contributed by atoms with E-state index in [0.29, 0.717) is 40.6 Å². The van der Waals surface area contributed by atoms with Crippen molar-refractivity contribution in [1.29, 1.82) is 0 Å². The molecule has 0 aromatic heterocycles. The van der Waals surface area contributed by atoms with Crippen molar-refractivity contribution in [2.75, 3.05) is 22.9 Å². The van der Waals surface area contributed by atoms with E-state index >= 15 is 0 Å². The SMILES string of the molecule is O=C1c2ccc(C3CC3)cc2CCN1c1cccc(Br)c1CO.O=Cc1c(Br)cccc1N1CCc2cc(C3CC3)ccc2C1=O. The van der Waals surface area contributed by atoms with E-state index < -0.39 is 0 Å². The second-order valence-corrected chi connectivity index (χ2v) is 14.2. The number of carbonyl (C=O) groups is 3. The zero-order chi connectivity index (χ0) is 31.9. The molecule has 4 aromatic carbocycles. The fourth-order valence-electron chi connectivity index (χ4n) is 6.65. The first kappa shape index (κ1) is 31.0. The van der Waals surface area contributed by atoms with Crippen LogP contribution in [0.2, 0.25) is 0 Å². The number of halogens is 2. The quantitative estimate of drug-likeness (QED) is 0.202. The van der Waals surface area contributed by atoms with Crippen molar-refractivity contribution < 1.29 is 19.5 Å². The zero-order valence-electron chi connectivity index (χ0n) is 25.3. The van der Waals surface area contributed by atoms with Crippen LogP contribution in [0.4, 0.5) is 11.4 Å². The molecule has 0 saturated heterocycles. The van der Waals surface area contributed by atoms with Gasteiger partial charge in [0, 0.05) is 38.7 Å². The molecule has 234 valence electrons. The summed E-state index contributed by atoms with van der Waals surface area (Å²) in [6, 6.07) is 23.7. The first-order valence-electron chi connectivity index (χ1n) is 15.9. The molecule has 6 nitrogen and oxygen atoms in total. The molecular formula is C38H34Br2N2O4. The Morgan fingerprint density at radius 3 is 1.70 bits per heavy atom. The van der Waals surface area contributed by atoms with Gasteiger partial charge in [0.1, 0.15) is 0 Å². The number of fused-ring (bicyclic) bond motifs is 2. The molecule has 0 spiro atoms. The third-order valence-electron chi connectivity index (χ3n) is 9.50. The van der Waals surface area contributed by atoms with Gasteiger partial charge >= 0.3 is 0 Å².